The normalized spacial score (nSPS) is 18.8. The van der Waals surface area contributed by atoms with E-state index in [9.17, 15) is 9.59 Å². The third kappa shape index (κ3) is 5.73. The lowest BCUT2D eigenvalue weighted by Gasteiger charge is -2.27. The Bertz CT molecular complexity index is 2120. The second kappa shape index (κ2) is 11.6. The molecule has 3 aromatic heterocycles. The molecule has 0 spiro atoms. The van der Waals surface area contributed by atoms with E-state index in [1.54, 1.807) is 16.0 Å². The van der Waals surface area contributed by atoms with Crippen molar-refractivity contribution in [2.75, 3.05) is 13.1 Å². The van der Waals surface area contributed by atoms with Crippen molar-refractivity contribution in [2.45, 2.75) is 90.5 Å². The number of nitrogens with zero attached hydrogens (tertiary/aromatic N) is 6. The Morgan fingerprint density at radius 3 is 2.00 bits per heavy atom. The van der Waals surface area contributed by atoms with Crippen LogP contribution in [0, 0.1) is 0 Å². The summed E-state index contributed by atoms with van der Waals surface area (Å²) < 4.78 is 19.7. The molecule has 3 aliphatic rings. The molecule has 0 aliphatic carbocycles. The molecule has 2 atom stereocenters. The average molecular weight is 679 g/mol. The molecule has 13 heteroatoms. The molecule has 0 radical (unpaired) electrons. The molecule has 0 unspecified atom stereocenters. The molecule has 260 valence electrons. The van der Waals surface area contributed by atoms with Gasteiger partial charge >= 0.3 is 12.2 Å². The van der Waals surface area contributed by atoms with Crippen LogP contribution < -0.4 is 4.74 Å². The third-order valence-electron chi connectivity index (χ3n) is 9.29. The number of hydrogen-bond donors (Lipinski definition) is 2. The molecule has 6 heterocycles. The highest BCUT2D eigenvalue weighted by Crippen LogP contribution is 2.45. The van der Waals surface area contributed by atoms with E-state index in [0.717, 1.165) is 76.4 Å². The summed E-state index contributed by atoms with van der Waals surface area (Å²) in [7, 11) is 0. The van der Waals surface area contributed by atoms with Crippen LogP contribution in [0.3, 0.4) is 0 Å². The van der Waals surface area contributed by atoms with Crippen LogP contribution in [-0.4, -0.2) is 76.0 Å². The van der Waals surface area contributed by atoms with Crippen molar-refractivity contribution in [3.8, 4) is 39.7 Å². The highest BCUT2D eigenvalue weighted by atomic mass is 16.6. The predicted molar refractivity (Wildman–Crippen MR) is 186 cm³/mol. The van der Waals surface area contributed by atoms with Gasteiger partial charge in [-0.3, -0.25) is 9.80 Å². The molecule has 2 N–H and O–H groups in total. The van der Waals surface area contributed by atoms with E-state index < -0.39 is 11.2 Å². The summed E-state index contributed by atoms with van der Waals surface area (Å²) in [5.41, 5.74) is 4.08. The van der Waals surface area contributed by atoms with Crippen molar-refractivity contribution in [3.05, 3.63) is 60.6 Å². The Labute approximate surface area is 289 Å². The minimum atomic E-state index is -0.565. The van der Waals surface area contributed by atoms with Crippen molar-refractivity contribution in [1.82, 2.24) is 39.5 Å². The Morgan fingerprint density at radius 1 is 0.780 bits per heavy atom. The first kappa shape index (κ1) is 31.9. The maximum absolute atomic E-state index is 12.9. The van der Waals surface area contributed by atoms with Gasteiger partial charge < -0.3 is 24.2 Å². The van der Waals surface area contributed by atoms with Crippen LogP contribution >= 0.6 is 0 Å². The molecule has 2 fully saturated rings. The maximum atomic E-state index is 12.9. The summed E-state index contributed by atoms with van der Waals surface area (Å²) >= 11 is 0. The number of benzene rings is 2. The summed E-state index contributed by atoms with van der Waals surface area (Å²) in [4.78, 5) is 45.6. The van der Waals surface area contributed by atoms with E-state index in [1.165, 1.54) is 0 Å². The molecule has 0 saturated carbocycles. The first-order valence-electron chi connectivity index (χ1n) is 17.3. The summed E-state index contributed by atoms with van der Waals surface area (Å²) in [5.74, 6) is 2.84. The highest BCUT2D eigenvalue weighted by Gasteiger charge is 2.36. The molecule has 8 rings (SSSR count). The average Bonchev–Trinajstić information content (AvgIpc) is 3.88. The number of aromatic nitrogens is 6. The minimum Gasteiger partial charge on any atom is -0.453 e. The summed E-state index contributed by atoms with van der Waals surface area (Å²) in [6, 6.07) is 9.61. The zero-order valence-corrected chi connectivity index (χ0v) is 29.2. The monoisotopic (exact) mass is 678 g/mol. The standard InChI is InChI=1S/C37H42N8O5/c1-36(2,3)49-34(46)43-15-7-9-27(43)32-38-19-24(41-32)21-11-13-26-30(17-21)48-29-14-12-22(23-18-40-45(26)31(23)29)25-20-39-33(42-25)28-10-8-16-44(28)35(47)50-37(4,5)6/h11-14,17-20,27-28H,7-10,15-16H2,1-6H3,(H,38,41)(H,39,42)/t27-,28-/m0/s1. The van der Waals surface area contributed by atoms with Crippen molar-refractivity contribution in [1.29, 1.82) is 0 Å². The maximum Gasteiger partial charge on any atom is 0.410 e. The number of ether oxygens (including phenoxy) is 3. The SMILES string of the molecule is CC(C)(C)OC(=O)N1CCC[C@H]1c1ncc(-c2ccc3c(c2)Oc2ccc(-c4cnc([C@@H]5CCCN5C(=O)OC(C)(C)C)[nH]4)c4cnn-3c24)[nH]1. The van der Waals surface area contributed by atoms with E-state index in [2.05, 4.69) is 15.0 Å². The largest absolute Gasteiger partial charge is 0.453 e. The Kier molecular flexibility index (Phi) is 7.42. The number of hydrogen-bond acceptors (Lipinski definition) is 8. The van der Waals surface area contributed by atoms with Crippen LogP contribution in [0.1, 0.15) is 91.0 Å². The van der Waals surface area contributed by atoms with Gasteiger partial charge in [0.2, 0.25) is 0 Å². The van der Waals surface area contributed by atoms with E-state index in [0.29, 0.717) is 24.6 Å². The number of aromatic amines is 2. The van der Waals surface area contributed by atoms with Gasteiger partial charge in [-0.25, -0.2) is 24.2 Å². The minimum absolute atomic E-state index is 0.168. The Hall–Kier alpha value is -5.33. The molecule has 13 nitrogen and oxygen atoms in total. The number of imidazole rings is 2. The number of carbonyl (C=O) groups excluding carboxylic acids is 2. The number of fused-ring (bicyclic) bond motifs is 2. The number of amides is 2. The number of H-pyrrole nitrogens is 2. The number of carbonyl (C=O) groups is 2. The molecule has 2 saturated heterocycles. The molecule has 2 amide bonds. The van der Waals surface area contributed by atoms with Gasteiger partial charge in [0, 0.05) is 29.6 Å². The van der Waals surface area contributed by atoms with Gasteiger partial charge in [0.1, 0.15) is 34.1 Å². The molecule has 5 aromatic rings. The Morgan fingerprint density at radius 2 is 1.38 bits per heavy atom. The van der Waals surface area contributed by atoms with Crippen LogP contribution in [-0.2, 0) is 9.47 Å². The fourth-order valence-electron chi connectivity index (χ4n) is 7.14. The van der Waals surface area contributed by atoms with Gasteiger partial charge in [-0.05, 0) is 91.5 Å². The summed E-state index contributed by atoms with van der Waals surface area (Å²) in [6.07, 6.45) is 8.24. The zero-order chi connectivity index (χ0) is 34.9. The first-order chi connectivity index (χ1) is 23.8. The number of likely N-dealkylation sites (tertiary alicyclic amines) is 2. The molecular formula is C37H42N8O5. The Balaban J connectivity index is 1.04. The third-order valence-corrected chi connectivity index (χ3v) is 9.29. The quantitative estimate of drug-likeness (QED) is 0.191. The van der Waals surface area contributed by atoms with Gasteiger partial charge in [0.25, 0.3) is 0 Å². The van der Waals surface area contributed by atoms with Gasteiger partial charge in [0.05, 0.1) is 42.1 Å². The van der Waals surface area contributed by atoms with Crippen molar-refractivity contribution in [2.24, 2.45) is 0 Å². The molecule has 0 bridgehead atoms. The molecule has 2 aromatic carbocycles. The van der Waals surface area contributed by atoms with Crippen LogP contribution in [0.25, 0.3) is 39.1 Å². The summed E-state index contributed by atoms with van der Waals surface area (Å²) in [5, 5.41) is 5.70. The first-order valence-corrected chi connectivity index (χ1v) is 17.3. The molecule has 3 aliphatic heterocycles. The lowest BCUT2D eigenvalue weighted by molar-refractivity contribution is 0.0208. The molecule has 50 heavy (non-hydrogen) atoms. The van der Waals surface area contributed by atoms with E-state index >= 15 is 0 Å². The van der Waals surface area contributed by atoms with Gasteiger partial charge in [-0.2, -0.15) is 5.10 Å². The predicted octanol–water partition coefficient (Wildman–Crippen LogP) is 8.06. The van der Waals surface area contributed by atoms with Crippen molar-refractivity contribution >= 4 is 23.1 Å². The second-order valence-electron chi connectivity index (χ2n) is 15.2. The summed E-state index contributed by atoms with van der Waals surface area (Å²) in [6.45, 7) is 12.5. The number of rotatable bonds is 4. The van der Waals surface area contributed by atoms with E-state index in [4.69, 9.17) is 24.3 Å². The van der Waals surface area contributed by atoms with E-state index in [1.807, 2.05) is 88.9 Å². The van der Waals surface area contributed by atoms with Gasteiger partial charge in [-0.1, -0.05) is 6.07 Å². The van der Waals surface area contributed by atoms with Crippen LogP contribution in [0.15, 0.2) is 48.9 Å². The van der Waals surface area contributed by atoms with Crippen LogP contribution in [0.4, 0.5) is 9.59 Å². The lowest BCUT2D eigenvalue weighted by atomic mass is 10.1. The van der Waals surface area contributed by atoms with Crippen LogP contribution in [0.5, 0.6) is 11.5 Å². The smallest absolute Gasteiger partial charge is 0.410 e. The topological polar surface area (TPSA) is 143 Å². The lowest BCUT2D eigenvalue weighted by Crippen LogP contribution is -2.36. The zero-order valence-electron chi connectivity index (χ0n) is 29.2. The highest BCUT2D eigenvalue weighted by molar-refractivity contribution is 5.99. The van der Waals surface area contributed by atoms with E-state index in [-0.39, 0.29) is 24.3 Å². The fourth-order valence-corrected chi connectivity index (χ4v) is 7.14. The van der Waals surface area contributed by atoms with Crippen LogP contribution in [0.2, 0.25) is 0 Å². The van der Waals surface area contributed by atoms with Gasteiger partial charge in [0.15, 0.2) is 11.5 Å². The number of nitrogens with one attached hydrogen (secondary N) is 2. The fraction of sp³-hybridized carbons (Fsp3) is 0.432. The van der Waals surface area contributed by atoms with Gasteiger partial charge in [-0.15, -0.1) is 0 Å². The second-order valence-corrected chi connectivity index (χ2v) is 15.2. The molecular weight excluding hydrogens is 636 g/mol. The van der Waals surface area contributed by atoms with Crippen molar-refractivity contribution < 1.29 is 23.8 Å². The van der Waals surface area contributed by atoms with Crippen molar-refractivity contribution in [3.63, 3.8) is 0 Å².